The fourth-order valence-electron chi connectivity index (χ4n) is 2.08. The molecule has 1 fully saturated rings. The molecule has 1 N–H and O–H groups in total. The number of rotatable bonds is 3. The van der Waals surface area contributed by atoms with Gasteiger partial charge in [0, 0.05) is 12.7 Å². The molecule has 0 aliphatic heterocycles. The molecular weight excluding hydrogens is 186 g/mol. The van der Waals surface area contributed by atoms with Crippen LogP contribution in [0.1, 0.15) is 32.1 Å². The van der Waals surface area contributed by atoms with Crippen LogP contribution in [0.15, 0.2) is 24.3 Å². The van der Waals surface area contributed by atoms with Gasteiger partial charge >= 0.3 is 0 Å². The Labute approximate surface area is 91.6 Å². The van der Waals surface area contributed by atoms with Crippen molar-refractivity contribution in [3.05, 3.63) is 24.3 Å². The normalized spacial score (nSPS) is 17.4. The number of ether oxygens (including phenoxy) is 1. The van der Waals surface area contributed by atoms with Crippen LogP contribution < -0.4 is 10.1 Å². The summed E-state index contributed by atoms with van der Waals surface area (Å²) >= 11 is 0. The quantitative estimate of drug-likeness (QED) is 0.816. The van der Waals surface area contributed by atoms with Gasteiger partial charge in [0.25, 0.3) is 0 Å². The van der Waals surface area contributed by atoms with E-state index in [4.69, 9.17) is 4.74 Å². The maximum atomic E-state index is 5.93. The van der Waals surface area contributed by atoms with E-state index in [1.807, 2.05) is 19.2 Å². The molecule has 0 aromatic heterocycles. The fourth-order valence-corrected chi connectivity index (χ4v) is 2.08. The third kappa shape index (κ3) is 2.88. The highest BCUT2D eigenvalue weighted by Crippen LogP contribution is 2.24. The van der Waals surface area contributed by atoms with Crippen molar-refractivity contribution in [2.75, 3.05) is 12.4 Å². The van der Waals surface area contributed by atoms with Crippen molar-refractivity contribution in [2.24, 2.45) is 0 Å². The topological polar surface area (TPSA) is 21.3 Å². The molecule has 0 spiro atoms. The Hall–Kier alpha value is -1.18. The highest BCUT2D eigenvalue weighted by molar-refractivity contribution is 5.45. The third-order valence-corrected chi connectivity index (χ3v) is 3.00. The van der Waals surface area contributed by atoms with Crippen LogP contribution in [0.3, 0.4) is 0 Å². The van der Waals surface area contributed by atoms with E-state index in [0.717, 1.165) is 11.4 Å². The molecule has 1 aromatic rings. The Bertz CT molecular complexity index is 288. The predicted molar refractivity (Wildman–Crippen MR) is 63.5 cm³/mol. The lowest BCUT2D eigenvalue weighted by Crippen LogP contribution is -2.19. The molecule has 0 saturated heterocycles. The van der Waals surface area contributed by atoms with Crippen molar-refractivity contribution < 1.29 is 4.74 Å². The number of nitrogens with one attached hydrogen (secondary N) is 1. The van der Waals surface area contributed by atoms with Crippen molar-refractivity contribution in [3.63, 3.8) is 0 Å². The van der Waals surface area contributed by atoms with Crippen LogP contribution >= 0.6 is 0 Å². The first-order chi connectivity index (χ1) is 7.38. The van der Waals surface area contributed by atoms with Gasteiger partial charge in [0.2, 0.25) is 0 Å². The zero-order valence-corrected chi connectivity index (χ0v) is 9.33. The minimum Gasteiger partial charge on any atom is -0.490 e. The molecule has 2 rings (SSSR count). The standard InChI is InChI=1S/C13H19NO/c1-14-11-7-9-13(10-8-11)15-12-5-3-2-4-6-12/h7-10,12,14H,2-6H2,1H3. The molecule has 1 aromatic carbocycles. The lowest BCUT2D eigenvalue weighted by Gasteiger charge is -2.23. The molecular formula is C13H19NO. The van der Waals surface area contributed by atoms with E-state index in [9.17, 15) is 0 Å². The van der Waals surface area contributed by atoms with Crippen molar-refractivity contribution in [2.45, 2.75) is 38.2 Å². The smallest absolute Gasteiger partial charge is 0.119 e. The molecule has 2 nitrogen and oxygen atoms in total. The largest absolute Gasteiger partial charge is 0.490 e. The maximum Gasteiger partial charge on any atom is 0.119 e. The Morgan fingerprint density at radius 2 is 1.73 bits per heavy atom. The summed E-state index contributed by atoms with van der Waals surface area (Å²) in [5.74, 6) is 1.00. The van der Waals surface area contributed by atoms with Crippen molar-refractivity contribution in [1.82, 2.24) is 0 Å². The van der Waals surface area contributed by atoms with Crippen molar-refractivity contribution in [3.8, 4) is 5.75 Å². The van der Waals surface area contributed by atoms with Gasteiger partial charge in [-0.3, -0.25) is 0 Å². The van der Waals surface area contributed by atoms with Gasteiger partial charge in [-0.1, -0.05) is 6.42 Å². The average molecular weight is 205 g/mol. The summed E-state index contributed by atoms with van der Waals surface area (Å²) in [7, 11) is 1.93. The SMILES string of the molecule is CNc1ccc(OC2CCCCC2)cc1. The molecule has 0 atom stereocenters. The lowest BCUT2D eigenvalue weighted by molar-refractivity contribution is 0.155. The fraction of sp³-hybridized carbons (Fsp3) is 0.538. The van der Waals surface area contributed by atoms with Crippen LogP contribution in [0.2, 0.25) is 0 Å². The first kappa shape index (κ1) is 10.3. The third-order valence-electron chi connectivity index (χ3n) is 3.00. The van der Waals surface area contributed by atoms with Crippen molar-refractivity contribution >= 4 is 5.69 Å². The van der Waals surface area contributed by atoms with Gasteiger partial charge in [-0.2, -0.15) is 0 Å². The molecule has 1 aliphatic rings. The van der Waals surface area contributed by atoms with Crippen LogP contribution in [0, 0.1) is 0 Å². The van der Waals surface area contributed by atoms with E-state index < -0.39 is 0 Å². The minimum atomic E-state index is 0.444. The summed E-state index contributed by atoms with van der Waals surface area (Å²) in [5.41, 5.74) is 1.13. The van der Waals surface area contributed by atoms with E-state index in [2.05, 4.69) is 17.4 Å². The average Bonchev–Trinajstić information content (AvgIpc) is 2.31. The molecule has 0 unspecified atom stereocenters. The lowest BCUT2D eigenvalue weighted by atomic mass is 9.98. The molecule has 0 heterocycles. The summed E-state index contributed by atoms with van der Waals surface area (Å²) in [5, 5.41) is 3.10. The predicted octanol–water partition coefficient (Wildman–Crippen LogP) is 3.44. The Kier molecular flexibility index (Phi) is 3.49. The summed E-state index contributed by atoms with van der Waals surface area (Å²) in [4.78, 5) is 0. The molecule has 82 valence electrons. The van der Waals surface area contributed by atoms with Crippen LogP contribution in [-0.2, 0) is 0 Å². The van der Waals surface area contributed by atoms with Gasteiger partial charge in [-0.25, -0.2) is 0 Å². The Morgan fingerprint density at radius 3 is 2.33 bits per heavy atom. The highest BCUT2D eigenvalue weighted by atomic mass is 16.5. The Morgan fingerprint density at radius 1 is 1.07 bits per heavy atom. The first-order valence-electron chi connectivity index (χ1n) is 5.83. The summed E-state index contributed by atoms with van der Waals surface area (Å²) in [6, 6.07) is 8.19. The second kappa shape index (κ2) is 5.06. The van der Waals surface area contributed by atoms with Gasteiger partial charge < -0.3 is 10.1 Å². The second-order valence-electron chi connectivity index (χ2n) is 4.15. The molecule has 0 amide bonds. The van der Waals surface area contributed by atoms with E-state index >= 15 is 0 Å². The van der Waals surface area contributed by atoms with Gasteiger partial charge in [-0.15, -0.1) is 0 Å². The molecule has 1 saturated carbocycles. The number of benzene rings is 1. The van der Waals surface area contributed by atoms with Gasteiger partial charge in [0.15, 0.2) is 0 Å². The van der Waals surface area contributed by atoms with Crippen LogP contribution in [0.5, 0.6) is 5.75 Å². The molecule has 1 aliphatic carbocycles. The summed E-state index contributed by atoms with van der Waals surface area (Å²) in [6.07, 6.45) is 6.89. The summed E-state index contributed by atoms with van der Waals surface area (Å²) < 4.78 is 5.93. The molecule has 0 bridgehead atoms. The van der Waals surface area contributed by atoms with Crippen LogP contribution in [0.4, 0.5) is 5.69 Å². The molecule has 2 heteroatoms. The van der Waals surface area contributed by atoms with Gasteiger partial charge in [0.1, 0.15) is 5.75 Å². The van der Waals surface area contributed by atoms with Crippen molar-refractivity contribution in [1.29, 1.82) is 0 Å². The number of hydrogen-bond acceptors (Lipinski definition) is 2. The van der Waals surface area contributed by atoms with E-state index in [1.165, 1.54) is 32.1 Å². The summed E-state index contributed by atoms with van der Waals surface area (Å²) in [6.45, 7) is 0. The van der Waals surface area contributed by atoms with E-state index in [1.54, 1.807) is 0 Å². The maximum absolute atomic E-state index is 5.93. The highest BCUT2D eigenvalue weighted by Gasteiger charge is 2.14. The monoisotopic (exact) mass is 205 g/mol. The zero-order chi connectivity index (χ0) is 10.5. The minimum absolute atomic E-state index is 0.444. The van der Waals surface area contributed by atoms with Crippen LogP contribution in [0.25, 0.3) is 0 Å². The van der Waals surface area contributed by atoms with E-state index in [-0.39, 0.29) is 0 Å². The second-order valence-corrected chi connectivity index (χ2v) is 4.15. The molecule has 0 radical (unpaired) electrons. The number of hydrogen-bond donors (Lipinski definition) is 1. The molecule has 15 heavy (non-hydrogen) atoms. The Balaban J connectivity index is 1.91. The van der Waals surface area contributed by atoms with Gasteiger partial charge in [0.05, 0.1) is 6.10 Å². The number of anilines is 1. The van der Waals surface area contributed by atoms with Crippen LogP contribution in [-0.4, -0.2) is 13.2 Å². The van der Waals surface area contributed by atoms with E-state index in [0.29, 0.717) is 6.10 Å². The first-order valence-corrected chi connectivity index (χ1v) is 5.83. The van der Waals surface area contributed by atoms with Gasteiger partial charge in [-0.05, 0) is 49.9 Å². The zero-order valence-electron chi connectivity index (χ0n) is 9.33.